The van der Waals surface area contributed by atoms with Gasteiger partial charge in [-0.25, -0.2) is 4.79 Å². The molecule has 1 amide bonds. The van der Waals surface area contributed by atoms with Crippen LogP contribution in [0.3, 0.4) is 0 Å². The van der Waals surface area contributed by atoms with E-state index in [1.807, 2.05) is 0 Å². The molecule has 1 rings (SSSR count). The second-order valence-electron chi connectivity index (χ2n) is 5.86. The zero-order valence-corrected chi connectivity index (χ0v) is 11.7. The minimum Gasteiger partial charge on any atom is -0.463 e. The minimum absolute atomic E-state index is 0.0652. The van der Waals surface area contributed by atoms with Crippen LogP contribution in [0.2, 0.25) is 0 Å². The Morgan fingerprint density at radius 1 is 1.53 bits per heavy atom. The summed E-state index contributed by atoms with van der Waals surface area (Å²) in [6.07, 6.45) is 1.77. The highest BCUT2D eigenvalue weighted by Gasteiger charge is 2.35. The van der Waals surface area contributed by atoms with Crippen LogP contribution in [-0.2, 0) is 4.74 Å². The van der Waals surface area contributed by atoms with E-state index in [4.69, 9.17) is 9.84 Å². The molecule has 1 heterocycles. The van der Waals surface area contributed by atoms with Crippen LogP contribution in [-0.4, -0.2) is 51.9 Å². The zero-order valence-electron chi connectivity index (χ0n) is 11.7. The number of hydrogen-bond donors (Lipinski definition) is 3. The van der Waals surface area contributed by atoms with Gasteiger partial charge in [0.2, 0.25) is 0 Å². The highest BCUT2D eigenvalue weighted by molar-refractivity contribution is 5.64. The monoisotopic (exact) mass is 275 g/mol. The lowest BCUT2D eigenvalue weighted by Gasteiger charge is -2.38. The van der Waals surface area contributed by atoms with E-state index in [1.54, 1.807) is 13.8 Å². The molecular weight excluding hydrogens is 250 g/mol. The van der Waals surface area contributed by atoms with Gasteiger partial charge in [-0.2, -0.15) is 5.06 Å². The Morgan fingerprint density at radius 3 is 2.68 bits per heavy atom. The maximum absolute atomic E-state index is 10.9. The molecular formula is C13H25NO5. The number of ether oxygens (including phenoxy) is 1. The lowest BCUT2D eigenvalue weighted by Crippen LogP contribution is -2.47. The van der Waals surface area contributed by atoms with Crippen LogP contribution in [0.25, 0.3) is 0 Å². The van der Waals surface area contributed by atoms with Crippen molar-refractivity contribution >= 4 is 6.09 Å². The molecule has 0 aromatic rings. The molecule has 1 aliphatic rings. The van der Waals surface area contributed by atoms with E-state index in [1.165, 1.54) is 0 Å². The number of rotatable bonds is 6. The van der Waals surface area contributed by atoms with Crippen LogP contribution in [0.15, 0.2) is 0 Å². The molecule has 112 valence electrons. The van der Waals surface area contributed by atoms with Crippen LogP contribution < -0.4 is 0 Å². The topological polar surface area (TPSA) is 90.2 Å². The second-order valence-corrected chi connectivity index (χ2v) is 5.86. The quantitative estimate of drug-likeness (QED) is 0.509. The molecule has 2 atom stereocenters. The summed E-state index contributed by atoms with van der Waals surface area (Å²) in [4.78, 5) is 10.9. The van der Waals surface area contributed by atoms with Gasteiger partial charge in [0.25, 0.3) is 0 Å². The van der Waals surface area contributed by atoms with Gasteiger partial charge in [0.05, 0.1) is 5.54 Å². The number of carbonyl (C=O) groups is 1. The van der Waals surface area contributed by atoms with Gasteiger partial charge < -0.3 is 14.9 Å². The molecule has 1 aliphatic heterocycles. The first-order valence-electron chi connectivity index (χ1n) is 6.79. The molecule has 1 saturated heterocycles. The number of aliphatic hydroxyl groups excluding tert-OH is 1. The Labute approximate surface area is 113 Å². The van der Waals surface area contributed by atoms with Gasteiger partial charge in [-0.15, -0.1) is 0 Å². The van der Waals surface area contributed by atoms with E-state index in [-0.39, 0.29) is 12.5 Å². The summed E-state index contributed by atoms with van der Waals surface area (Å²) in [7, 11) is 0. The summed E-state index contributed by atoms with van der Waals surface area (Å²) in [5, 5.41) is 28.0. The highest BCUT2D eigenvalue weighted by Crippen LogP contribution is 2.33. The van der Waals surface area contributed by atoms with Gasteiger partial charge in [0, 0.05) is 19.8 Å². The number of amides is 1. The maximum Gasteiger partial charge on any atom is 0.431 e. The Balaban J connectivity index is 2.68. The molecule has 19 heavy (non-hydrogen) atoms. The molecule has 3 N–H and O–H groups in total. The summed E-state index contributed by atoms with van der Waals surface area (Å²) in [5.74, 6) is 0.469. The summed E-state index contributed by atoms with van der Waals surface area (Å²) >= 11 is 0. The Kier molecular flexibility index (Phi) is 6.03. The Hall–Kier alpha value is -0.850. The maximum atomic E-state index is 10.9. The van der Waals surface area contributed by atoms with Crippen molar-refractivity contribution in [3.05, 3.63) is 0 Å². The van der Waals surface area contributed by atoms with E-state index in [9.17, 15) is 15.1 Å². The van der Waals surface area contributed by atoms with E-state index < -0.39 is 11.6 Å². The average Bonchev–Trinajstić information content (AvgIpc) is 2.38. The van der Waals surface area contributed by atoms with Gasteiger partial charge in [-0.3, -0.25) is 5.21 Å². The minimum atomic E-state index is -1.35. The van der Waals surface area contributed by atoms with Crippen molar-refractivity contribution in [3.8, 4) is 0 Å². The normalized spacial score (nSPS) is 22.0. The molecule has 0 saturated carbocycles. The van der Waals surface area contributed by atoms with Crippen molar-refractivity contribution in [1.82, 2.24) is 5.06 Å². The van der Waals surface area contributed by atoms with E-state index >= 15 is 0 Å². The van der Waals surface area contributed by atoms with Crippen molar-refractivity contribution < 1.29 is 25.0 Å². The van der Waals surface area contributed by atoms with Gasteiger partial charge in [0.1, 0.15) is 0 Å². The highest BCUT2D eigenvalue weighted by atomic mass is 16.6. The SMILES string of the molecule is CC(C)(CC(CCO)C1CCCOC1)N(O)C(=O)O. The van der Waals surface area contributed by atoms with Crippen molar-refractivity contribution in [1.29, 1.82) is 0 Å². The Morgan fingerprint density at radius 2 is 2.21 bits per heavy atom. The van der Waals surface area contributed by atoms with Crippen LogP contribution in [0, 0.1) is 11.8 Å². The molecule has 0 spiro atoms. The first-order valence-corrected chi connectivity index (χ1v) is 6.79. The number of aliphatic hydroxyl groups is 1. The number of nitrogens with zero attached hydrogens (tertiary/aromatic N) is 1. The van der Waals surface area contributed by atoms with Gasteiger partial charge in [0.15, 0.2) is 0 Å². The lowest BCUT2D eigenvalue weighted by atomic mass is 9.78. The van der Waals surface area contributed by atoms with Crippen molar-refractivity contribution in [2.75, 3.05) is 19.8 Å². The summed E-state index contributed by atoms with van der Waals surface area (Å²) in [5.41, 5.74) is -0.872. The van der Waals surface area contributed by atoms with Gasteiger partial charge >= 0.3 is 6.09 Å². The molecule has 0 aliphatic carbocycles. The van der Waals surface area contributed by atoms with Crippen LogP contribution in [0.5, 0.6) is 0 Å². The number of hydroxylamine groups is 2. The van der Waals surface area contributed by atoms with Gasteiger partial charge in [-0.05, 0) is 51.4 Å². The smallest absolute Gasteiger partial charge is 0.431 e. The molecule has 0 radical (unpaired) electrons. The fraction of sp³-hybridized carbons (Fsp3) is 0.923. The van der Waals surface area contributed by atoms with E-state index in [0.29, 0.717) is 30.4 Å². The van der Waals surface area contributed by atoms with Crippen molar-refractivity contribution in [2.24, 2.45) is 11.8 Å². The second kappa shape index (κ2) is 7.07. The summed E-state index contributed by atoms with van der Waals surface area (Å²) in [6.45, 7) is 4.87. The largest absolute Gasteiger partial charge is 0.463 e. The third-order valence-corrected chi connectivity index (χ3v) is 3.88. The standard InChI is InChI=1S/C13H25NO5/c1-13(2,14(18)12(16)17)8-10(5-6-15)11-4-3-7-19-9-11/h10-11,15,18H,3-9H2,1-2H3,(H,16,17). The molecule has 0 aromatic heterocycles. The van der Waals surface area contributed by atoms with Crippen LogP contribution in [0.1, 0.15) is 39.5 Å². The van der Waals surface area contributed by atoms with E-state index in [0.717, 1.165) is 19.4 Å². The van der Waals surface area contributed by atoms with Crippen molar-refractivity contribution in [2.45, 2.75) is 45.1 Å². The summed E-state index contributed by atoms with van der Waals surface area (Å²) in [6, 6.07) is 0. The van der Waals surface area contributed by atoms with Crippen LogP contribution in [0.4, 0.5) is 4.79 Å². The van der Waals surface area contributed by atoms with Crippen LogP contribution >= 0.6 is 0 Å². The van der Waals surface area contributed by atoms with Gasteiger partial charge in [-0.1, -0.05) is 0 Å². The fourth-order valence-electron chi connectivity index (χ4n) is 2.79. The molecule has 0 bridgehead atoms. The predicted octanol–water partition coefficient (Wildman–Crippen LogP) is 1.95. The van der Waals surface area contributed by atoms with E-state index in [2.05, 4.69) is 0 Å². The average molecular weight is 275 g/mol. The molecule has 0 aromatic carbocycles. The fourth-order valence-corrected chi connectivity index (χ4v) is 2.79. The molecule has 2 unspecified atom stereocenters. The number of carboxylic acid groups (broad SMARTS) is 1. The molecule has 6 heteroatoms. The summed E-state index contributed by atoms with van der Waals surface area (Å²) < 4.78 is 5.46. The lowest BCUT2D eigenvalue weighted by molar-refractivity contribution is -0.140. The molecule has 6 nitrogen and oxygen atoms in total. The predicted molar refractivity (Wildman–Crippen MR) is 69.1 cm³/mol. The Bertz CT molecular complexity index is 289. The van der Waals surface area contributed by atoms with Crippen molar-refractivity contribution in [3.63, 3.8) is 0 Å². The molecule has 1 fully saturated rings. The first-order chi connectivity index (χ1) is 8.88. The number of hydrogen-bond acceptors (Lipinski definition) is 4. The third-order valence-electron chi connectivity index (χ3n) is 3.88. The first kappa shape index (κ1) is 16.2. The zero-order chi connectivity index (χ0) is 14.5. The third kappa shape index (κ3) is 4.63.